The van der Waals surface area contributed by atoms with Crippen LogP contribution in [-0.2, 0) is 6.42 Å². The van der Waals surface area contributed by atoms with Gasteiger partial charge in [-0.1, -0.05) is 0 Å². The van der Waals surface area contributed by atoms with Gasteiger partial charge >= 0.3 is 0 Å². The molecule has 2 heterocycles. The van der Waals surface area contributed by atoms with E-state index in [9.17, 15) is 0 Å². The molecule has 0 unspecified atom stereocenters. The summed E-state index contributed by atoms with van der Waals surface area (Å²) in [5, 5.41) is 4.36. The molecule has 0 aliphatic rings. The van der Waals surface area contributed by atoms with Gasteiger partial charge in [0.25, 0.3) is 0 Å². The second kappa shape index (κ2) is 5.07. The Morgan fingerprint density at radius 3 is 2.62 bits per heavy atom. The summed E-state index contributed by atoms with van der Waals surface area (Å²) in [6, 6.07) is 4.08. The van der Waals surface area contributed by atoms with Crippen molar-refractivity contribution in [1.82, 2.24) is 9.97 Å². The van der Waals surface area contributed by atoms with Crippen molar-refractivity contribution in [2.45, 2.75) is 20.3 Å². The van der Waals surface area contributed by atoms with Crippen LogP contribution in [0.1, 0.15) is 16.1 Å². The molecule has 2 rings (SSSR count). The Kier molecular flexibility index (Phi) is 3.51. The molecule has 0 amide bonds. The van der Waals surface area contributed by atoms with E-state index >= 15 is 0 Å². The number of hydrogen-bond acceptors (Lipinski definition) is 4. The SMILES string of the molecule is Cc1nc(NCCc2ccncc2)sc1C. The van der Waals surface area contributed by atoms with Gasteiger partial charge in [-0.25, -0.2) is 4.98 Å². The van der Waals surface area contributed by atoms with Gasteiger partial charge in [-0.3, -0.25) is 4.98 Å². The van der Waals surface area contributed by atoms with Crippen LogP contribution < -0.4 is 5.32 Å². The maximum absolute atomic E-state index is 4.44. The third-order valence-corrected chi connectivity index (χ3v) is 3.50. The lowest BCUT2D eigenvalue weighted by Crippen LogP contribution is -2.04. The van der Waals surface area contributed by atoms with Gasteiger partial charge < -0.3 is 5.32 Å². The van der Waals surface area contributed by atoms with Gasteiger partial charge in [-0.05, 0) is 38.0 Å². The van der Waals surface area contributed by atoms with E-state index in [0.29, 0.717) is 0 Å². The highest BCUT2D eigenvalue weighted by Crippen LogP contribution is 2.20. The minimum Gasteiger partial charge on any atom is -0.361 e. The van der Waals surface area contributed by atoms with E-state index in [1.165, 1.54) is 10.4 Å². The number of rotatable bonds is 4. The third kappa shape index (κ3) is 2.79. The quantitative estimate of drug-likeness (QED) is 0.882. The van der Waals surface area contributed by atoms with Crippen molar-refractivity contribution in [1.29, 1.82) is 0 Å². The molecule has 3 nitrogen and oxygen atoms in total. The number of nitrogens with one attached hydrogen (secondary N) is 1. The first-order valence-electron chi connectivity index (χ1n) is 5.32. The average molecular weight is 233 g/mol. The Morgan fingerprint density at radius 1 is 1.25 bits per heavy atom. The highest BCUT2D eigenvalue weighted by molar-refractivity contribution is 7.15. The summed E-state index contributed by atoms with van der Waals surface area (Å²) in [5.74, 6) is 0. The van der Waals surface area contributed by atoms with Crippen molar-refractivity contribution >= 4 is 16.5 Å². The average Bonchev–Trinajstić information content (AvgIpc) is 2.60. The topological polar surface area (TPSA) is 37.8 Å². The molecule has 0 fully saturated rings. The summed E-state index contributed by atoms with van der Waals surface area (Å²) in [7, 11) is 0. The maximum atomic E-state index is 4.44. The van der Waals surface area contributed by atoms with Gasteiger partial charge in [0, 0.05) is 23.8 Å². The predicted octanol–water partition coefficient (Wildman–Crippen LogP) is 2.81. The summed E-state index contributed by atoms with van der Waals surface area (Å²) in [4.78, 5) is 9.72. The molecule has 0 aromatic carbocycles. The van der Waals surface area contributed by atoms with E-state index in [-0.39, 0.29) is 0 Å². The van der Waals surface area contributed by atoms with Crippen LogP contribution in [0.5, 0.6) is 0 Å². The van der Waals surface area contributed by atoms with Crippen LogP contribution >= 0.6 is 11.3 Å². The minimum absolute atomic E-state index is 0.913. The molecule has 0 aliphatic heterocycles. The van der Waals surface area contributed by atoms with E-state index in [1.807, 2.05) is 31.5 Å². The standard InChI is InChI=1S/C12H15N3S/c1-9-10(2)16-12(15-9)14-8-5-11-3-6-13-7-4-11/h3-4,6-7H,5,8H2,1-2H3,(H,14,15). The Labute approximate surface area is 99.6 Å². The summed E-state index contributed by atoms with van der Waals surface area (Å²) in [5.41, 5.74) is 2.42. The smallest absolute Gasteiger partial charge is 0.183 e. The first kappa shape index (κ1) is 11.1. The van der Waals surface area contributed by atoms with Crippen LogP contribution in [-0.4, -0.2) is 16.5 Å². The maximum Gasteiger partial charge on any atom is 0.183 e. The van der Waals surface area contributed by atoms with Crippen LogP contribution in [0, 0.1) is 13.8 Å². The predicted molar refractivity (Wildman–Crippen MR) is 68.0 cm³/mol. The minimum atomic E-state index is 0.913. The van der Waals surface area contributed by atoms with Crippen molar-refractivity contribution in [2.24, 2.45) is 0 Å². The van der Waals surface area contributed by atoms with Crippen LogP contribution in [0.15, 0.2) is 24.5 Å². The zero-order chi connectivity index (χ0) is 11.4. The normalized spacial score (nSPS) is 10.4. The third-order valence-electron chi connectivity index (χ3n) is 2.47. The molecule has 16 heavy (non-hydrogen) atoms. The Balaban J connectivity index is 1.84. The van der Waals surface area contributed by atoms with Gasteiger partial charge in [0.1, 0.15) is 0 Å². The fourth-order valence-corrected chi connectivity index (χ4v) is 2.25. The number of nitrogens with zero attached hydrogens (tertiary/aromatic N) is 2. The van der Waals surface area contributed by atoms with Crippen LogP contribution in [0.3, 0.4) is 0 Å². The second-order valence-electron chi connectivity index (χ2n) is 3.69. The number of anilines is 1. The molecule has 0 saturated heterocycles. The number of aryl methyl sites for hydroxylation is 2. The van der Waals surface area contributed by atoms with Gasteiger partial charge in [-0.2, -0.15) is 0 Å². The van der Waals surface area contributed by atoms with Gasteiger partial charge in [0.2, 0.25) is 0 Å². The molecule has 2 aromatic rings. The van der Waals surface area contributed by atoms with Crippen LogP contribution in [0.4, 0.5) is 5.13 Å². The van der Waals surface area contributed by atoms with Crippen molar-refractivity contribution < 1.29 is 0 Å². The zero-order valence-corrected chi connectivity index (χ0v) is 10.3. The van der Waals surface area contributed by atoms with E-state index in [1.54, 1.807) is 11.3 Å². The van der Waals surface area contributed by atoms with Crippen molar-refractivity contribution in [2.75, 3.05) is 11.9 Å². The van der Waals surface area contributed by atoms with E-state index in [0.717, 1.165) is 23.8 Å². The largest absolute Gasteiger partial charge is 0.361 e. The first-order valence-corrected chi connectivity index (χ1v) is 6.14. The van der Waals surface area contributed by atoms with E-state index in [4.69, 9.17) is 0 Å². The van der Waals surface area contributed by atoms with Crippen LogP contribution in [0.25, 0.3) is 0 Å². The van der Waals surface area contributed by atoms with Gasteiger partial charge in [-0.15, -0.1) is 11.3 Å². The number of aromatic nitrogens is 2. The molecule has 0 radical (unpaired) electrons. The molecule has 0 atom stereocenters. The molecule has 0 aliphatic carbocycles. The van der Waals surface area contributed by atoms with E-state index in [2.05, 4.69) is 22.2 Å². The lowest BCUT2D eigenvalue weighted by molar-refractivity contribution is 1.01. The molecule has 4 heteroatoms. The molecule has 1 N–H and O–H groups in total. The molecule has 0 bridgehead atoms. The van der Waals surface area contributed by atoms with Crippen molar-refractivity contribution in [3.63, 3.8) is 0 Å². The summed E-state index contributed by atoms with van der Waals surface area (Å²) in [6.07, 6.45) is 4.65. The molecule has 0 spiro atoms. The highest BCUT2D eigenvalue weighted by Gasteiger charge is 2.02. The summed E-state index contributed by atoms with van der Waals surface area (Å²) >= 11 is 1.71. The molecule has 84 valence electrons. The number of hydrogen-bond donors (Lipinski definition) is 1. The number of thiazole rings is 1. The molecular formula is C12H15N3S. The van der Waals surface area contributed by atoms with Gasteiger partial charge in [0.05, 0.1) is 5.69 Å². The Morgan fingerprint density at radius 2 is 2.00 bits per heavy atom. The highest BCUT2D eigenvalue weighted by atomic mass is 32.1. The first-order chi connectivity index (χ1) is 7.75. The summed E-state index contributed by atoms with van der Waals surface area (Å²) < 4.78 is 0. The van der Waals surface area contributed by atoms with Gasteiger partial charge in [0.15, 0.2) is 5.13 Å². The zero-order valence-electron chi connectivity index (χ0n) is 9.53. The summed E-state index contributed by atoms with van der Waals surface area (Å²) in [6.45, 7) is 5.05. The fourth-order valence-electron chi connectivity index (χ4n) is 1.41. The van der Waals surface area contributed by atoms with E-state index < -0.39 is 0 Å². The fraction of sp³-hybridized carbons (Fsp3) is 0.333. The lowest BCUT2D eigenvalue weighted by atomic mass is 10.2. The molecule has 0 saturated carbocycles. The lowest BCUT2D eigenvalue weighted by Gasteiger charge is -2.02. The second-order valence-corrected chi connectivity index (χ2v) is 4.90. The molecule has 2 aromatic heterocycles. The molecular weight excluding hydrogens is 218 g/mol. The van der Waals surface area contributed by atoms with Crippen molar-refractivity contribution in [3.05, 3.63) is 40.7 Å². The Bertz CT molecular complexity index is 431. The van der Waals surface area contributed by atoms with Crippen molar-refractivity contribution in [3.8, 4) is 0 Å². The number of pyridine rings is 1. The Hall–Kier alpha value is -1.42. The van der Waals surface area contributed by atoms with Crippen LogP contribution in [0.2, 0.25) is 0 Å². The monoisotopic (exact) mass is 233 g/mol.